The van der Waals surface area contributed by atoms with Crippen LogP contribution < -0.4 is 5.32 Å². The van der Waals surface area contributed by atoms with Crippen molar-refractivity contribution in [3.8, 4) is 0 Å². The number of nitrogens with zero attached hydrogens (tertiary/aromatic N) is 1. The van der Waals surface area contributed by atoms with Crippen molar-refractivity contribution >= 4 is 5.69 Å². The molecule has 1 N–H and O–H groups in total. The summed E-state index contributed by atoms with van der Waals surface area (Å²) >= 11 is 0. The number of rotatable bonds is 5. The standard InChI is InChI=1S/C15H14F2N2O2/c1-10(12-6-13(16)8-14(17)7-12)18-9-11-2-4-15(5-3-11)19(20)21/h2-8,10,18H,9H2,1H3. The molecule has 0 saturated carbocycles. The first-order valence-electron chi connectivity index (χ1n) is 6.38. The van der Waals surface area contributed by atoms with Crippen LogP contribution in [0.25, 0.3) is 0 Å². The van der Waals surface area contributed by atoms with Crippen molar-refractivity contribution in [1.82, 2.24) is 5.32 Å². The second-order valence-electron chi connectivity index (χ2n) is 4.73. The van der Waals surface area contributed by atoms with Crippen LogP contribution in [0.1, 0.15) is 24.1 Å². The van der Waals surface area contributed by atoms with Crippen molar-refractivity contribution in [1.29, 1.82) is 0 Å². The Hall–Kier alpha value is -2.34. The second kappa shape index (κ2) is 6.41. The maximum atomic E-state index is 13.1. The van der Waals surface area contributed by atoms with Crippen LogP contribution in [0.3, 0.4) is 0 Å². The van der Waals surface area contributed by atoms with E-state index in [1.807, 2.05) is 0 Å². The fourth-order valence-corrected chi connectivity index (χ4v) is 1.95. The van der Waals surface area contributed by atoms with Crippen LogP contribution in [0, 0.1) is 21.7 Å². The van der Waals surface area contributed by atoms with E-state index < -0.39 is 16.6 Å². The summed E-state index contributed by atoms with van der Waals surface area (Å²) in [5.74, 6) is -1.23. The zero-order chi connectivity index (χ0) is 15.4. The molecule has 0 aliphatic heterocycles. The molecule has 2 aromatic rings. The normalized spacial score (nSPS) is 12.1. The highest BCUT2D eigenvalue weighted by molar-refractivity contribution is 5.33. The number of hydrogen-bond acceptors (Lipinski definition) is 3. The van der Waals surface area contributed by atoms with Gasteiger partial charge in [0.05, 0.1) is 4.92 Å². The Morgan fingerprint density at radius 2 is 1.71 bits per heavy atom. The summed E-state index contributed by atoms with van der Waals surface area (Å²) in [7, 11) is 0. The Kier molecular flexibility index (Phi) is 4.59. The van der Waals surface area contributed by atoms with Crippen molar-refractivity contribution in [3.63, 3.8) is 0 Å². The van der Waals surface area contributed by atoms with E-state index in [0.29, 0.717) is 12.1 Å². The van der Waals surface area contributed by atoms with E-state index in [9.17, 15) is 18.9 Å². The smallest absolute Gasteiger partial charge is 0.269 e. The van der Waals surface area contributed by atoms with Crippen LogP contribution in [0.4, 0.5) is 14.5 Å². The van der Waals surface area contributed by atoms with Crippen LogP contribution in [0.2, 0.25) is 0 Å². The van der Waals surface area contributed by atoms with E-state index in [-0.39, 0.29) is 11.7 Å². The number of nitro benzene ring substituents is 1. The van der Waals surface area contributed by atoms with Gasteiger partial charge < -0.3 is 5.32 Å². The zero-order valence-corrected chi connectivity index (χ0v) is 11.3. The summed E-state index contributed by atoms with van der Waals surface area (Å²) in [6, 6.07) is 9.26. The Labute approximate surface area is 120 Å². The lowest BCUT2D eigenvalue weighted by Gasteiger charge is -2.14. The van der Waals surface area contributed by atoms with Gasteiger partial charge in [0.15, 0.2) is 0 Å². The lowest BCUT2D eigenvalue weighted by molar-refractivity contribution is -0.384. The van der Waals surface area contributed by atoms with Gasteiger partial charge in [0.1, 0.15) is 11.6 Å². The van der Waals surface area contributed by atoms with E-state index in [0.717, 1.165) is 11.6 Å². The molecule has 0 saturated heterocycles. The Morgan fingerprint density at radius 1 is 1.14 bits per heavy atom. The van der Waals surface area contributed by atoms with Gasteiger partial charge in [-0.2, -0.15) is 0 Å². The van der Waals surface area contributed by atoms with Gasteiger partial charge in [-0.05, 0) is 30.2 Å². The summed E-state index contributed by atoms with van der Waals surface area (Å²) in [6.07, 6.45) is 0. The number of non-ortho nitro benzene ring substituents is 1. The molecule has 0 spiro atoms. The van der Waals surface area contributed by atoms with Crippen LogP contribution in [0.15, 0.2) is 42.5 Å². The van der Waals surface area contributed by atoms with E-state index in [1.165, 1.54) is 24.3 Å². The van der Waals surface area contributed by atoms with Crippen molar-refractivity contribution in [2.24, 2.45) is 0 Å². The minimum Gasteiger partial charge on any atom is -0.306 e. The van der Waals surface area contributed by atoms with Crippen LogP contribution in [-0.2, 0) is 6.54 Å². The highest BCUT2D eigenvalue weighted by Gasteiger charge is 2.09. The van der Waals surface area contributed by atoms with Gasteiger partial charge in [0.2, 0.25) is 0 Å². The van der Waals surface area contributed by atoms with Gasteiger partial charge in [0, 0.05) is 30.8 Å². The SMILES string of the molecule is CC(NCc1ccc([N+](=O)[O-])cc1)c1cc(F)cc(F)c1. The maximum Gasteiger partial charge on any atom is 0.269 e. The topological polar surface area (TPSA) is 55.2 Å². The van der Waals surface area contributed by atoms with Crippen LogP contribution >= 0.6 is 0 Å². The van der Waals surface area contributed by atoms with Crippen LogP contribution in [0.5, 0.6) is 0 Å². The molecule has 0 amide bonds. The number of halogens is 2. The van der Waals surface area contributed by atoms with Gasteiger partial charge in [-0.3, -0.25) is 10.1 Å². The molecular formula is C15H14F2N2O2. The lowest BCUT2D eigenvalue weighted by Crippen LogP contribution is -2.18. The molecule has 6 heteroatoms. The maximum absolute atomic E-state index is 13.1. The van der Waals surface area contributed by atoms with Crippen molar-refractivity contribution in [2.75, 3.05) is 0 Å². The molecule has 0 aliphatic carbocycles. The third-order valence-electron chi connectivity index (χ3n) is 3.14. The molecule has 0 bridgehead atoms. The second-order valence-corrected chi connectivity index (χ2v) is 4.73. The molecule has 1 atom stereocenters. The molecule has 0 heterocycles. The highest BCUT2D eigenvalue weighted by Crippen LogP contribution is 2.17. The summed E-state index contributed by atoms with van der Waals surface area (Å²) in [5, 5.41) is 13.7. The van der Waals surface area contributed by atoms with Gasteiger partial charge in [-0.25, -0.2) is 8.78 Å². The van der Waals surface area contributed by atoms with Crippen molar-refractivity contribution in [3.05, 3.63) is 75.3 Å². The molecule has 0 fully saturated rings. The number of hydrogen-bond donors (Lipinski definition) is 1. The zero-order valence-electron chi connectivity index (χ0n) is 11.3. The molecule has 1 unspecified atom stereocenters. The van der Waals surface area contributed by atoms with E-state index >= 15 is 0 Å². The Bertz CT molecular complexity index is 624. The van der Waals surface area contributed by atoms with Gasteiger partial charge in [-0.15, -0.1) is 0 Å². The average Bonchev–Trinajstić information content (AvgIpc) is 2.44. The summed E-state index contributed by atoms with van der Waals surface area (Å²) in [4.78, 5) is 10.1. The molecule has 0 aliphatic rings. The van der Waals surface area contributed by atoms with E-state index in [1.54, 1.807) is 19.1 Å². The minimum absolute atomic E-state index is 0.0269. The molecule has 0 aromatic heterocycles. The summed E-state index contributed by atoms with van der Waals surface area (Å²) in [5.41, 5.74) is 1.39. The molecular weight excluding hydrogens is 278 g/mol. The van der Waals surface area contributed by atoms with Crippen molar-refractivity contribution < 1.29 is 13.7 Å². The lowest BCUT2D eigenvalue weighted by atomic mass is 10.1. The first-order chi connectivity index (χ1) is 9.95. The van der Waals surface area contributed by atoms with Gasteiger partial charge in [-0.1, -0.05) is 12.1 Å². The molecule has 2 rings (SSSR count). The van der Waals surface area contributed by atoms with Gasteiger partial charge in [0.25, 0.3) is 5.69 Å². The largest absolute Gasteiger partial charge is 0.306 e. The predicted octanol–water partition coefficient (Wildman–Crippen LogP) is 3.72. The third-order valence-corrected chi connectivity index (χ3v) is 3.14. The first-order valence-corrected chi connectivity index (χ1v) is 6.38. The summed E-state index contributed by atoms with van der Waals surface area (Å²) < 4.78 is 26.3. The number of benzene rings is 2. The number of nitro groups is 1. The van der Waals surface area contributed by atoms with Crippen molar-refractivity contribution in [2.45, 2.75) is 19.5 Å². The molecule has 0 radical (unpaired) electrons. The third kappa shape index (κ3) is 4.06. The predicted molar refractivity (Wildman–Crippen MR) is 74.7 cm³/mol. The number of nitrogens with one attached hydrogen (secondary N) is 1. The molecule has 4 nitrogen and oxygen atoms in total. The Balaban J connectivity index is 2.00. The van der Waals surface area contributed by atoms with Crippen LogP contribution in [-0.4, -0.2) is 4.92 Å². The molecule has 21 heavy (non-hydrogen) atoms. The fourth-order valence-electron chi connectivity index (χ4n) is 1.95. The fraction of sp³-hybridized carbons (Fsp3) is 0.200. The Morgan fingerprint density at radius 3 is 2.24 bits per heavy atom. The van der Waals surface area contributed by atoms with Gasteiger partial charge >= 0.3 is 0 Å². The highest BCUT2D eigenvalue weighted by atomic mass is 19.1. The quantitative estimate of drug-likeness (QED) is 0.675. The van der Waals surface area contributed by atoms with E-state index in [2.05, 4.69) is 5.32 Å². The monoisotopic (exact) mass is 292 g/mol. The average molecular weight is 292 g/mol. The molecule has 110 valence electrons. The van der Waals surface area contributed by atoms with E-state index in [4.69, 9.17) is 0 Å². The molecule has 2 aromatic carbocycles. The minimum atomic E-state index is -0.617. The summed E-state index contributed by atoms with van der Waals surface area (Å²) in [6.45, 7) is 2.23. The first kappa shape index (κ1) is 15.1.